The van der Waals surface area contributed by atoms with Crippen molar-refractivity contribution in [2.45, 2.75) is 6.92 Å². The van der Waals surface area contributed by atoms with Gasteiger partial charge in [-0.15, -0.1) is 0 Å². The Morgan fingerprint density at radius 1 is 0.840 bits per heavy atom. The van der Waals surface area contributed by atoms with Crippen molar-refractivity contribution in [2.75, 3.05) is 23.8 Å². The minimum Gasteiger partial charge on any atom is -0.494 e. The van der Waals surface area contributed by atoms with Crippen LogP contribution in [-0.2, 0) is 14.4 Å². The summed E-state index contributed by atoms with van der Waals surface area (Å²) in [4.78, 5) is 35.2. The number of carbonyl (C=O) groups is 3. The third-order valence-corrected chi connectivity index (χ3v) is 3.10. The highest BCUT2D eigenvalue weighted by Gasteiger charge is 2.14. The van der Waals surface area contributed by atoms with Crippen LogP contribution in [-0.4, -0.2) is 30.9 Å². The number of nitrogens with one attached hydrogen (secondary N) is 3. The molecule has 2 aromatic carbocycles. The molecule has 0 spiro atoms. The fourth-order valence-electron chi connectivity index (χ4n) is 1.96. The number of rotatable bonds is 6. The highest BCUT2D eigenvalue weighted by atomic mass is 16.5. The molecule has 0 radical (unpaired) electrons. The summed E-state index contributed by atoms with van der Waals surface area (Å²) in [6.45, 7) is 2.13. The second kappa shape index (κ2) is 9.07. The molecule has 0 aromatic heterocycles. The summed E-state index contributed by atoms with van der Waals surface area (Å²) >= 11 is 0. The van der Waals surface area contributed by atoms with Crippen molar-refractivity contribution in [3.63, 3.8) is 0 Å². The van der Waals surface area contributed by atoms with E-state index in [0.717, 1.165) is 0 Å². The molecule has 7 nitrogen and oxygen atoms in total. The number of para-hydroxylation sites is 1. The maximum absolute atomic E-state index is 11.8. The van der Waals surface area contributed by atoms with Gasteiger partial charge < -0.3 is 20.7 Å². The van der Waals surface area contributed by atoms with Gasteiger partial charge in [0.05, 0.1) is 13.2 Å². The average Bonchev–Trinajstić information content (AvgIpc) is 2.62. The van der Waals surface area contributed by atoms with Crippen LogP contribution < -0.4 is 20.7 Å². The number of carbonyl (C=O) groups excluding carboxylic acids is 3. The Morgan fingerprint density at radius 2 is 1.48 bits per heavy atom. The van der Waals surface area contributed by atoms with Gasteiger partial charge in [0.1, 0.15) is 5.75 Å². The molecular formula is C18H19N3O4. The van der Waals surface area contributed by atoms with Crippen molar-refractivity contribution < 1.29 is 19.1 Å². The van der Waals surface area contributed by atoms with E-state index in [1.807, 2.05) is 6.92 Å². The lowest BCUT2D eigenvalue weighted by molar-refractivity contribution is -0.136. The van der Waals surface area contributed by atoms with Gasteiger partial charge in [-0.3, -0.25) is 14.4 Å². The van der Waals surface area contributed by atoms with Crippen LogP contribution in [0.5, 0.6) is 5.75 Å². The van der Waals surface area contributed by atoms with Crippen molar-refractivity contribution in [1.82, 2.24) is 5.32 Å². The Kier molecular flexibility index (Phi) is 6.53. The Hall–Kier alpha value is -3.35. The van der Waals surface area contributed by atoms with Crippen LogP contribution in [0.3, 0.4) is 0 Å². The third kappa shape index (κ3) is 5.98. The SMILES string of the molecule is CCOc1ccc(NC(=O)CNC(=O)C(=O)Nc2ccccc2)cc1. The van der Waals surface area contributed by atoms with E-state index in [-0.39, 0.29) is 6.54 Å². The van der Waals surface area contributed by atoms with Crippen LogP contribution in [0, 0.1) is 0 Å². The van der Waals surface area contributed by atoms with Crippen LogP contribution >= 0.6 is 0 Å². The van der Waals surface area contributed by atoms with E-state index in [9.17, 15) is 14.4 Å². The molecule has 0 unspecified atom stereocenters. The molecule has 0 fully saturated rings. The van der Waals surface area contributed by atoms with Gasteiger partial charge >= 0.3 is 11.8 Å². The molecule has 0 heterocycles. The average molecular weight is 341 g/mol. The molecule has 0 saturated heterocycles. The lowest BCUT2D eigenvalue weighted by atomic mass is 10.3. The van der Waals surface area contributed by atoms with E-state index in [1.165, 1.54) is 0 Å². The summed E-state index contributed by atoms with van der Waals surface area (Å²) < 4.78 is 5.31. The molecule has 3 N–H and O–H groups in total. The topological polar surface area (TPSA) is 96.5 Å². The molecule has 0 atom stereocenters. The number of ether oxygens (including phenoxy) is 1. The first kappa shape index (κ1) is 18.0. The van der Waals surface area contributed by atoms with Gasteiger partial charge in [-0.1, -0.05) is 18.2 Å². The molecule has 0 bridgehead atoms. The van der Waals surface area contributed by atoms with Crippen molar-refractivity contribution in [1.29, 1.82) is 0 Å². The first-order valence-electron chi connectivity index (χ1n) is 7.75. The first-order chi connectivity index (χ1) is 12.1. The lowest BCUT2D eigenvalue weighted by Crippen LogP contribution is -2.39. The minimum atomic E-state index is -0.884. The van der Waals surface area contributed by atoms with Crippen molar-refractivity contribution >= 4 is 29.1 Å². The van der Waals surface area contributed by atoms with Crippen molar-refractivity contribution in [3.8, 4) is 5.75 Å². The predicted molar refractivity (Wildman–Crippen MR) is 94.3 cm³/mol. The number of anilines is 2. The van der Waals surface area contributed by atoms with E-state index in [2.05, 4.69) is 16.0 Å². The summed E-state index contributed by atoms with van der Waals surface area (Å²) in [6, 6.07) is 15.4. The monoisotopic (exact) mass is 341 g/mol. The normalized spacial score (nSPS) is 9.80. The van der Waals surface area contributed by atoms with Crippen LogP contribution in [0.4, 0.5) is 11.4 Å². The van der Waals surface area contributed by atoms with Gasteiger partial charge in [-0.2, -0.15) is 0 Å². The van der Waals surface area contributed by atoms with E-state index in [1.54, 1.807) is 54.6 Å². The largest absolute Gasteiger partial charge is 0.494 e. The molecule has 25 heavy (non-hydrogen) atoms. The van der Waals surface area contributed by atoms with Crippen LogP contribution in [0.15, 0.2) is 54.6 Å². The fourth-order valence-corrected chi connectivity index (χ4v) is 1.96. The predicted octanol–water partition coefficient (Wildman–Crippen LogP) is 1.78. The molecule has 0 aliphatic heterocycles. The summed E-state index contributed by atoms with van der Waals surface area (Å²) in [7, 11) is 0. The number of hydrogen-bond donors (Lipinski definition) is 3. The van der Waals surface area contributed by atoms with E-state index in [4.69, 9.17) is 4.74 Å². The fraction of sp³-hybridized carbons (Fsp3) is 0.167. The summed E-state index contributed by atoms with van der Waals surface area (Å²) in [6.07, 6.45) is 0. The highest BCUT2D eigenvalue weighted by molar-refractivity contribution is 6.39. The molecule has 2 rings (SSSR count). The van der Waals surface area contributed by atoms with Gasteiger partial charge in [-0.25, -0.2) is 0 Å². The Morgan fingerprint density at radius 3 is 2.12 bits per heavy atom. The molecular weight excluding hydrogens is 322 g/mol. The van der Waals surface area contributed by atoms with Gasteiger partial charge in [0.15, 0.2) is 0 Å². The van der Waals surface area contributed by atoms with Crippen LogP contribution in [0.25, 0.3) is 0 Å². The molecule has 0 aliphatic rings. The Balaban J connectivity index is 1.77. The van der Waals surface area contributed by atoms with E-state index < -0.39 is 17.7 Å². The second-order valence-corrected chi connectivity index (χ2v) is 5.01. The zero-order chi connectivity index (χ0) is 18.1. The summed E-state index contributed by atoms with van der Waals surface area (Å²) in [5, 5.41) is 7.32. The molecule has 3 amide bonds. The quantitative estimate of drug-likeness (QED) is 0.698. The standard InChI is InChI=1S/C18H19N3O4/c1-2-25-15-10-8-14(9-11-15)20-16(22)12-19-17(23)18(24)21-13-6-4-3-5-7-13/h3-11H,2,12H2,1H3,(H,19,23)(H,20,22)(H,21,24). The maximum atomic E-state index is 11.8. The van der Waals surface area contributed by atoms with E-state index >= 15 is 0 Å². The first-order valence-corrected chi connectivity index (χ1v) is 7.75. The number of hydrogen-bond acceptors (Lipinski definition) is 4. The number of benzene rings is 2. The molecule has 0 aliphatic carbocycles. The Bertz CT molecular complexity index is 730. The van der Waals surface area contributed by atoms with Crippen LogP contribution in [0.2, 0.25) is 0 Å². The number of amides is 3. The lowest BCUT2D eigenvalue weighted by Gasteiger charge is -2.08. The van der Waals surface area contributed by atoms with Gasteiger partial charge in [0.2, 0.25) is 5.91 Å². The van der Waals surface area contributed by atoms with Crippen molar-refractivity contribution in [3.05, 3.63) is 54.6 Å². The molecule has 7 heteroatoms. The van der Waals surface area contributed by atoms with Gasteiger partial charge in [0, 0.05) is 11.4 Å². The van der Waals surface area contributed by atoms with Crippen LogP contribution in [0.1, 0.15) is 6.92 Å². The highest BCUT2D eigenvalue weighted by Crippen LogP contribution is 2.15. The zero-order valence-electron chi connectivity index (χ0n) is 13.7. The molecule has 130 valence electrons. The van der Waals surface area contributed by atoms with Gasteiger partial charge in [-0.05, 0) is 43.3 Å². The maximum Gasteiger partial charge on any atom is 0.313 e. The Labute approximate surface area is 145 Å². The van der Waals surface area contributed by atoms with E-state index in [0.29, 0.717) is 23.7 Å². The molecule has 0 saturated carbocycles. The summed E-state index contributed by atoms with van der Waals surface area (Å²) in [5.41, 5.74) is 1.07. The second-order valence-electron chi connectivity index (χ2n) is 5.01. The van der Waals surface area contributed by atoms with Crippen molar-refractivity contribution in [2.24, 2.45) is 0 Å². The zero-order valence-corrected chi connectivity index (χ0v) is 13.7. The van der Waals surface area contributed by atoms with Gasteiger partial charge in [0.25, 0.3) is 0 Å². The smallest absolute Gasteiger partial charge is 0.313 e. The molecule has 2 aromatic rings. The third-order valence-electron chi connectivity index (χ3n) is 3.10. The minimum absolute atomic E-state index is 0.311. The summed E-state index contributed by atoms with van der Waals surface area (Å²) in [5.74, 6) is -1.46.